The van der Waals surface area contributed by atoms with Crippen molar-refractivity contribution in [2.45, 2.75) is 13.1 Å². The summed E-state index contributed by atoms with van der Waals surface area (Å²) < 4.78 is 40.7. The van der Waals surface area contributed by atoms with Crippen LogP contribution in [0, 0.1) is 6.92 Å². The molecule has 0 aliphatic heterocycles. The minimum absolute atomic E-state index is 0.121. The van der Waals surface area contributed by atoms with Gasteiger partial charge in [0.2, 0.25) is 0 Å². The van der Waals surface area contributed by atoms with Crippen LogP contribution in [0.1, 0.15) is 27.3 Å². The second kappa shape index (κ2) is 6.33. The van der Waals surface area contributed by atoms with Crippen molar-refractivity contribution in [3.05, 3.63) is 76.3 Å². The molecule has 0 radical (unpaired) electrons. The summed E-state index contributed by atoms with van der Waals surface area (Å²) in [6, 6.07) is 9.16. The summed E-state index contributed by atoms with van der Waals surface area (Å²) in [6.45, 7) is 1.63. The van der Waals surface area contributed by atoms with Crippen molar-refractivity contribution >= 4 is 17.4 Å². The Labute approximate surface area is 145 Å². The topological polar surface area (TPSA) is 47.8 Å². The maximum Gasteiger partial charge on any atom is 0.416 e. The van der Waals surface area contributed by atoms with Gasteiger partial charge in [-0.2, -0.15) is 13.2 Å². The SMILES string of the molecule is Cc1nncn1-c1ccc(C(F)(F)F)cc1C(=O)c1ccccc1Cl. The Hall–Kier alpha value is -2.67. The molecule has 0 saturated heterocycles. The zero-order valence-electron chi connectivity index (χ0n) is 12.9. The van der Waals surface area contributed by atoms with Gasteiger partial charge in [-0.1, -0.05) is 23.7 Å². The molecule has 3 rings (SSSR count). The molecule has 0 amide bonds. The number of aryl methyl sites for hydroxylation is 1. The van der Waals surface area contributed by atoms with E-state index in [-0.39, 0.29) is 21.8 Å². The van der Waals surface area contributed by atoms with Crippen LogP contribution in [0.3, 0.4) is 0 Å². The third kappa shape index (κ3) is 3.28. The molecule has 2 aromatic carbocycles. The lowest BCUT2D eigenvalue weighted by Gasteiger charge is -2.14. The van der Waals surface area contributed by atoms with Gasteiger partial charge in [-0.3, -0.25) is 9.36 Å². The van der Waals surface area contributed by atoms with Gasteiger partial charge in [-0.05, 0) is 37.3 Å². The minimum atomic E-state index is -4.57. The molecular formula is C17H11ClF3N3O. The fourth-order valence-electron chi connectivity index (χ4n) is 2.42. The quantitative estimate of drug-likeness (QED) is 0.643. The molecule has 0 spiro atoms. The van der Waals surface area contributed by atoms with E-state index in [0.717, 1.165) is 12.1 Å². The lowest BCUT2D eigenvalue weighted by molar-refractivity contribution is -0.137. The van der Waals surface area contributed by atoms with E-state index in [9.17, 15) is 18.0 Å². The Morgan fingerprint density at radius 1 is 1.12 bits per heavy atom. The van der Waals surface area contributed by atoms with Crippen LogP contribution in [-0.4, -0.2) is 20.5 Å². The Morgan fingerprint density at radius 3 is 2.44 bits per heavy atom. The number of hydrogen-bond acceptors (Lipinski definition) is 3. The number of nitrogens with zero attached hydrogens (tertiary/aromatic N) is 3. The predicted molar refractivity (Wildman–Crippen MR) is 86.0 cm³/mol. The fourth-order valence-corrected chi connectivity index (χ4v) is 2.65. The lowest BCUT2D eigenvalue weighted by atomic mass is 9.99. The van der Waals surface area contributed by atoms with Gasteiger partial charge in [0, 0.05) is 11.1 Å². The molecule has 1 heterocycles. The van der Waals surface area contributed by atoms with E-state index < -0.39 is 17.5 Å². The van der Waals surface area contributed by atoms with Crippen LogP contribution in [0.25, 0.3) is 5.69 Å². The van der Waals surface area contributed by atoms with Crippen molar-refractivity contribution in [3.8, 4) is 5.69 Å². The number of alkyl halides is 3. The highest BCUT2D eigenvalue weighted by Crippen LogP contribution is 2.33. The number of rotatable bonds is 3. The summed E-state index contributed by atoms with van der Waals surface area (Å²) in [5.74, 6) is -0.173. The van der Waals surface area contributed by atoms with Gasteiger partial charge in [0.05, 0.1) is 16.3 Å². The van der Waals surface area contributed by atoms with Gasteiger partial charge < -0.3 is 0 Å². The molecule has 1 aromatic heterocycles. The first-order valence-corrected chi connectivity index (χ1v) is 7.54. The molecule has 0 aliphatic carbocycles. The molecule has 0 saturated carbocycles. The first-order chi connectivity index (χ1) is 11.8. The Kier molecular flexibility index (Phi) is 4.34. The maximum absolute atomic E-state index is 13.1. The van der Waals surface area contributed by atoms with Crippen LogP contribution < -0.4 is 0 Å². The number of aromatic nitrogens is 3. The number of carbonyl (C=O) groups excluding carboxylic acids is 1. The number of benzene rings is 2. The number of hydrogen-bond donors (Lipinski definition) is 0. The van der Waals surface area contributed by atoms with Crippen molar-refractivity contribution in [2.24, 2.45) is 0 Å². The van der Waals surface area contributed by atoms with E-state index in [4.69, 9.17) is 11.6 Å². The zero-order valence-corrected chi connectivity index (χ0v) is 13.6. The van der Waals surface area contributed by atoms with E-state index in [0.29, 0.717) is 5.82 Å². The smallest absolute Gasteiger partial charge is 0.288 e. The molecule has 0 unspecified atom stereocenters. The molecular weight excluding hydrogens is 355 g/mol. The third-order valence-electron chi connectivity index (χ3n) is 3.66. The molecule has 0 atom stereocenters. The minimum Gasteiger partial charge on any atom is -0.288 e. The van der Waals surface area contributed by atoms with Crippen LogP contribution in [0.5, 0.6) is 0 Å². The average Bonchev–Trinajstić information content (AvgIpc) is 2.99. The number of carbonyl (C=O) groups is 1. The van der Waals surface area contributed by atoms with E-state index in [1.807, 2.05) is 0 Å². The normalized spacial score (nSPS) is 11.6. The largest absolute Gasteiger partial charge is 0.416 e. The molecule has 25 heavy (non-hydrogen) atoms. The second-order valence-electron chi connectivity index (χ2n) is 5.29. The van der Waals surface area contributed by atoms with Gasteiger partial charge in [0.25, 0.3) is 0 Å². The Bertz CT molecular complexity index is 950. The molecule has 0 aliphatic rings. The van der Waals surface area contributed by atoms with Crippen LogP contribution in [0.4, 0.5) is 13.2 Å². The Morgan fingerprint density at radius 2 is 1.84 bits per heavy atom. The lowest BCUT2D eigenvalue weighted by Crippen LogP contribution is -2.12. The van der Waals surface area contributed by atoms with Crippen molar-refractivity contribution in [2.75, 3.05) is 0 Å². The summed E-state index contributed by atoms with van der Waals surface area (Å²) in [5.41, 5.74) is -0.681. The summed E-state index contributed by atoms with van der Waals surface area (Å²) in [6.07, 6.45) is -3.24. The molecule has 0 fully saturated rings. The Balaban J connectivity index is 2.23. The molecule has 8 heteroatoms. The van der Waals surface area contributed by atoms with Gasteiger partial charge in [-0.25, -0.2) is 0 Å². The summed E-state index contributed by atoms with van der Waals surface area (Å²) in [5, 5.41) is 7.68. The van der Waals surface area contributed by atoms with Crippen molar-refractivity contribution < 1.29 is 18.0 Å². The van der Waals surface area contributed by atoms with E-state index >= 15 is 0 Å². The number of halogens is 4. The molecule has 128 valence electrons. The fraction of sp³-hybridized carbons (Fsp3) is 0.118. The summed E-state index contributed by atoms with van der Waals surface area (Å²) in [7, 11) is 0. The maximum atomic E-state index is 13.1. The van der Waals surface area contributed by atoms with Crippen LogP contribution in [0.2, 0.25) is 5.02 Å². The average molecular weight is 366 g/mol. The first kappa shape index (κ1) is 17.2. The highest BCUT2D eigenvalue weighted by atomic mass is 35.5. The van der Waals surface area contributed by atoms with Gasteiger partial charge >= 0.3 is 6.18 Å². The van der Waals surface area contributed by atoms with Crippen LogP contribution >= 0.6 is 11.6 Å². The van der Waals surface area contributed by atoms with Gasteiger partial charge in [0.15, 0.2) is 5.78 Å². The monoisotopic (exact) mass is 365 g/mol. The predicted octanol–water partition coefficient (Wildman–Crippen LogP) is 4.48. The highest BCUT2D eigenvalue weighted by Gasteiger charge is 2.32. The second-order valence-corrected chi connectivity index (χ2v) is 5.69. The molecule has 3 aromatic rings. The zero-order chi connectivity index (χ0) is 18.2. The van der Waals surface area contributed by atoms with Crippen LogP contribution in [-0.2, 0) is 6.18 Å². The molecule has 0 bridgehead atoms. The third-order valence-corrected chi connectivity index (χ3v) is 3.99. The van der Waals surface area contributed by atoms with E-state index in [1.54, 1.807) is 19.1 Å². The van der Waals surface area contributed by atoms with Crippen molar-refractivity contribution in [1.82, 2.24) is 14.8 Å². The molecule has 0 N–H and O–H groups in total. The highest BCUT2D eigenvalue weighted by molar-refractivity contribution is 6.35. The molecule has 4 nitrogen and oxygen atoms in total. The van der Waals surface area contributed by atoms with Crippen molar-refractivity contribution in [1.29, 1.82) is 0 Å². The van der Waals surface area contributed by atoms with E-state index in [1.165, 1.54) is 29.1 Å². The first-order valence-electron chi connectivity index (χ1n) is 7.16. The van der Waals surface area contributed by atoms with Gasteiger partial charge in [0.1, 0.15) is 12.2 Å². The van der Waals surface area contributed by atoms with Crippen LogP contribution in [0.15, 0.2) is 48.8 Å². The summed E-state index contributed by atoms with van der Waals surface area (Å²) >= 11 is 6.03. The van der Waals surface area contributed by atoms with E-state index in [2.05, 4.69) is 10.2 Å². The van der Waals surface area contributed by atoms with Gasteiger partial charge in [-0.15, -0.1) is 10.2 Å². The summed E-state index contributed by atoms with van der Waals surface area (Å²) in [4.78, 5) is 12.9. The standard InChI is InChI=1S/C17H11ClF3N3O/c1-10-23-22-9-24(10)15-7-6-11(17(19,20)21)8-13(15)16(25)12-4-2-3-5-14(12)18/h2-9H,1H3. The van der Waals surface area contributed by atoms with Crippen molar-refractivity contribution in [3.63, 3.8) is 0 Å². The number of ketones is 1.